The number of fused-ring (bicyclic) bond motifs is 4. The average Bonchev–Trinajstić information content (AvgIpc) is 2.89. The standard InChI is InChI=1S/C31H25ClO6/c1-16(2)8-7-14-31(3)15-13-19-21(38-31)12-11-20-22(19)29(36)30(37-4)24(27(20)34)23-25(32)28(35)18-10-6-5-9-17(18)26(23)33/h5-6,8-13,15H,7,14H2,1-4H3. The molecule has 0 N–H and O–H groups in total. The van der Waals surface area contributed by atoms with Gasteiger partial charge in [0, 0.05) is 27.8 Å². The lowest BCUT2D eigenvalue weighted by Gasteiger charge is -2.33. The van der Waals surface area contributed by atoms with Crippen LogP contribution in [0.3, 0.4) is 0 Å². The molecule has 2 aliphatic carbocycles. The normalized spacial score (nSPS) is 20.1. The molecule has 2 aromatic carbocycles. The Kier molecular flexibility index (Phi) is 6.32. The van der Waals surface area contributed by atoms with Crippen molar-refractivity contribution in [3.63, 3.8) is 0 Å². The lowest BCUT2D eigenvalue weighted by Crippen LogP contribution is -2.34. The minimum absolute atomic E-state index is 0.0852. The molecule has 2 aromatic rings. The molecular formula is C31H25ClO6. The molecule has 0 bridgehead atoms. The topological polar surface area (TPSA) is 86.7 Å². The average molecular weight is 529 g/mol. The van der Waals surface area contributed by atoms with Crippen molar-refractivity contribution in [3.05, 3.63) is 104 Å². The molecule has 0 radical (unpaired) electrons. The number of hydrogen-bond donors (Lipinski definition) is 0. The second-order valence-electron chi connectivity index (χ2n) is 9.93. The molecule has 6 nitrogen and oxygen atoms in total. The minimum Gasteiger partial charge on any atom is -0.492 e. The van der Waals surface area contributed by atoms with Crippen molar-refractivity contribution in [2.45, 2.75) is 39.2 Å². The van der Waals surface area contributed by atoms with Crippen molar-refractivity contribution in [2.24, 2.45) is 0 Å². The highest BCUT2D eigenvalue weighted by Crippen LogP contribution is 2.43. The first-order valence-electron chi connectivity index (χ1n) is 12.2. The Morgan fingerprint density at radius 3 is 2.24 bits per heavy atom. The maximum atomic E-state index is 13.8. The van der Waals surface area contributed by atoms with Gasteiger partial charge in [-0.1, -0.05) is 53.6 Å². The van der Waals surface area contributed by atoms with Gasteiger partial charge in [0.25, 0.3) is 0 Å². The molecule has 5 rings (SSSR count). The lowest BCUT2D eigenvalue weighted by atomic mass is 9.77. The van der Waals surface area contributed by atoms with E-state index in [0.717, 1.165) is 12.8 Å². The minimum atomic E-state index is -0.627. The van der Waals surface area contributed by atoms with Crippen LogP contribution in [0, 0.1) is 0 Å². The van der Waals surface area contributed by atoms with Crippen molar-refractivity contribution >= 4 is 40.8 Å². The van der Waals surface area contributed by atoms with Gasteiger partial charge in [-0.05, 0) is 51.8 Å². The number of allylic oxidation sites excluding steroid dienone is 6. The Balaban J connectivity index is 1.61. The van der Waals surface area contributed by atoms with Crippen LogP contribution in [-0.4, -0.2) is 35.8 Å². The van der Waals surface area contributed by atoms with Crippen LogP contribution in [-0.2, 0) is 4.74 Å². The van der Waals surface area contributed by atoms with E-state index in [1.54, 1.807) is 24.3 Å². The van der Waals surface area contributed by atoms with E-state index >= 15 is 0 Å². The molecule has 1 heterocycles. The zero-order chi connectivity index (χ0) is 27.4. The van der Waals surface area contributed by atoms with E-state index in [4.69, 9.17) is 21.1 Å². The zero-order valence-electron chi connectivity index (χ0n) is 21.4. The third-order valence-electron chi connectivity index (χ3n) is 6.99. The highest BCUT2D eigenvalue weighted by Gasteiger charge is 2.43. The van der Waals surface area contributed by atoms with Crippen LogP contribution in [0.15, 0.2) is 76.1 Å². The van der Waals surface area contributed by atoms with Crippen molar-refractivity contribution in [1.29, 1.82) is 0 Å². The number of ether oxygens (including phenoxy) is 2. The van der Waals surface area contributed by atoms with Gasteiger partial charge in [0.05, 0.1) is 18.3 Å². The summed E-state index contributed by atoms with van der Waals surface area (Å²) in [4.78, 5) is 54.0. The Bertz CT molecular complexity index is 1580. The zero-order valence-corrected chi connectivity index (χ0v) is 22.2. The van der Waals surface area contributed by atoms with Crippen molar-refractivity contribution in [3.8, 4) is 5.75 Å². The fourth-order valence-electron chi connectivity index (χ4n) is 5.07. The summed E-state index contributed by atoms with van der Waals surface area (Å²) in [7, 11) is 1.24. The van der Waals surface area contributed by atoms with Gasteiger partial charge in [0.2, 0.25) is 11.6 Å². The van der Waals surface area contributed by atoms with Gasteiger partial charge in [0.1, 0.15) is 16.4 Å². The molecule has 1 unspecified atom stereocenters. The molecule has 0 fully saturated rings. The first-order valence-corrected chi connectivity index (χ1v) is 12.6. The van der Waals surface area contributed by atoms with Gasteiger partial charge in [-0.15, -0.1) is 0 Å². The molecule has 0 aromatic heterocycles. The number of ketones is 4. The second-order valence-corrected chi connectivity index (χ2v) is 10.3. The third-order valence-corrected chi connectivity index (χ3v) is 7.35. The summed E-state index contributed by atoms with van der Waals surface area (Å²) in [5, 5.41) is -0.420. The van der Waals surface area contributed by atoms with E-state index in [9.17, 15) is 19.2 Å². The fourth-order valence-corrected chi connectivity index (χ4v) is 5.35. The predicted molar refractivity (Wildman–Crippen MR) is 144 cm³/mol. The van der Waals surface area contributed by atoms with E-state index in [2.05, 4.69) is 6.08 Å². The number of Topliss-reactive ketones (excluding diaryl/α,β-unsaturated/α-hetero) is 4. The first kappa shape index (κ1) is 25.6. The number of hydrogen-bond acceptors (Lipinski definition) is 6. The van der Waals surface area contributed by atoms with Crippen LogP contribution >= 0.6 is 11.6 Å². The summed E-state index contributed by atoms with van der Waals surface area (Å²) in [6.45, 7) is 6.05. The number of carbonyl (C=O) groups is 4. The molecule has 1 aliphatic heterocycles. The smallest absolute Gasteiger partial charge is 0.229 e. The van der Waals surface area contributed by atoms with Crippen molar-refractivity contribution < 1.29 is 28.7 Å². The first-order chi connectivity index (χ1) is 18.1. The van der Waals surface area contributed by atoms with Crippen LogP contribution in [0.4, 0.5) is 0 Å². The Hall–Kier alpha value is -4.03. The predicted octanol–water partition coefficient (Wildman–Crippen LogP) is 6.45. The Morgan fingerprint density at radius 1 is 0.921 bits per heavy atom. The number of carbonyl (C=O) groups excluding carboxylic acids is 4. The molecular weight excluding hydrogens is 504 g/mol. The molecule has 0 spiro atoms. The van der Waals surface area contributed by atoms with Gasteiger partial charge >= 0.3 is 0 Å². The van der Waals surface area contributed by atoms with Crippen LogP contribution in [0.5, 0.6) is 5.75 Å². The van der Waals surface area contributed by atoms with Gasteiger partial charge in [0.15, 0.2) is 17.3 Å². The summed E-state index contributed by atoms with van der Waals surface area (Å²) in [6, 6.07) is 9.37. The molecule has 0 saturated heterocycles. The van der Waals surface area contributed by atoms with Crippen molar-refractivity contribution in [1.82, 2.24) is 0 Å². The summed E-state index contributed by atoms with van der Waals surface area (Å²) in [6.07, 6.45) is 7.38. The number of halogens is 1. The van der Waals surface area contributed by atoms with Crippen LogP contribution in [0.1, 0.15) is 80.6 Å². The molecule has 0 saturated carbocycles. The maximum Gasteiger partial charge on any atom is 0.229 e. The SMILES string of the molecule is COC1=C(C2=C(Cl)C(=O)c3ccccc3C2=O)C(=O)c2ccc3c(c2C1=O)C=CC(C)(CCC=C(C)C)O3. The molecule has 7 heteroatoms. The lowest BCUT2D eigenvalue weighted by molar-refractivity contribution is 0.0897. The van der Waals surface area contributed by atoms with E-state index in [0.29, 0.717) is 11.3 Å². The van der Waals surface area contributed by atoms with Gasteiger partial charge in [-0.25, -0.2) is 0 Å². The Labute approximate surface area is 225 Å². The molecule has 1 atom stereocenters. The van der Waals surface area contributed by atoms with Crippen LogP contribution in [0.25, 0.3) is 6.08 Å². The summed E-state index contributed by atoms with van der Waals surface area (Å²) in [5.74, 6) is -2.30. The van der Waals surface area contributed by atoms with Gasteiger partial charge in [-0.2, -0.15) is 0 Å². The number of benzene rings is 2. The fraction of sp³-hybridized carbons (Fsp3) is 0.226. The number of methoxy groups -OCH3 is 1. The summed E-state index contributed by atoms with van der Waals surface area (Å²) < 4.78 is 11.7. The number of rotatable bonds is 5. The molecule has 3 aliphatic rings. The van der Waals surface area contributed by atoms with Crippen molar-refractivity contribution in [2.75, 3.05) is 7.11 Å². The second kappa shape index (κ2) is 9.37. The summed E-state index contributed by atoms with van der Waals surface area (Å²) in [5.41, 5.74) is 0.932. The van der Waals surface area contributed by atoms with E-state index < -0.39 is 33.8 Å². The highest BCUT2D eigenvalue weighted by atomic mass is 35.5. The molecule has 0 amide bonds. The van der Waals surface area contributed by atoms with E-state index in [-0.39, 0.29) is 39.2 Å². The van der Waals surface area contributed by atoms with Crippen LogP contribution in [0.2, 0.25) is 0 Å². The van der Waals surface area contributed by atoms with Gasteiger partial charge < -0.3 is 9.47 Å². The third kappa shape index (κ3) is 3.96. The van der Waals surface area contributed by atoms with Crippen LogP contribution < -0.4 is 4.74 Å². The summed E-state index contributed by atoms with van der Waals surface area (Å²) >= 11 is 6.38. The highest BCUT2D eigenvalue weighted by molar-refractivity contribution is 6.52. The quantitative estimate of drug-likeness (QED) is 0.414. The molecule has 38 heavy (non-hydrogen) atoms. The van der Waals surface area contributed by atoms with E-state index in [1.165, 1.54) is 30.9 Å². The maximum absolute atomic E-state index is 13.8. The largest absolute Gasteiger partial charge is 0.492 e. The Morgan fingerprint density at radius 2 is 1.58 bits per heavy atom. The van der Waals surface area contributed by atoms with E-state index in [1.807, 2.05) is 26.8 Å². The monoisotopic (exact) mass is 528 g/mol. The molecule has 192 valence electrons. The van der Waals surface area contributed by atoms with Gasteiger partial charge in [-0.3, -0.25) is 19.2 Å².